The van der Waals surface area contributed by atoms with Gasteiger partial charge in [0.25, 0.3) is 5.91 Å². The second-order valence-electron chi connectivity index (χ2n) is 3.93. The molecule has 1 aliphatic carbocycles. The van der Waals surface area contributed by atoms with Gasteiger partial charge in [0.2, 0.25) is 5.11 Å². The van der Waals surface area contributed by atoms with Crippen LogP contribution in [0, 0.1) is 0 Å². The first-order valence-corrected chi connectivity index (χ1v) is 5.86. The minimum Gasteiger partial charge on any atom is -0.281 e. The van der Waals surface area contributed by atoms with Crippen molar-refractivity contribution in [3.8, 4) is 0 Å². The van der Waals surface area contributed by atoms with Crippen LogP contribution in [-0.4, -0.2) is 33.1 Å². The first kappa shape index (κ1) is 11.5. The van der Waals surface area contributed by atoms with Gasteiger partial charge in [-0.25, -0.2) is 4.99 Å². The number of thiocarbonyl (C=S) groups is 1. The van der Waals surface area contributed by atoms with Crippen molar-refractivity contribution in [3.63, 3.8) is 0 Å². The molecule has 1 aliphatic heterocycles. The fourth-order valence-corrected chi connectivity index (χ4v) is 2.27. The number of halogens is 1. The summed E-state index contributed by atoms with van der Waals surface area (Å²) in [6, 6.07) is 0.00545. The summed E-state index contributed by atoms with van der Waals surface area (Å²) in [5, 5.41) is 0.0726. The predicted molar refractivity (Wildman–Crippen MR) is 68.9 cm³/mol. The Kier molecular flexibility index (Phi) is 2.95. The van der Waals surface area contributed by atoms with Gasteiger partial charge in [-0.15, -0.1) is 11.6 Å². The molecule has 1 unspecified atom stereocenters. The van der Waals surface area contributed by atoms with E-state index in [-0.39, 0.29) is 17.3 Å². The summed E-state index contributed by atoms with van der Waals surface area (Å²) < 4.78 is 0. The number of hydrogen-bond donors (Lipinski definition) is 0. The van der Waals surface area contributed by atoms with Gasteiger partial charge < -0.3 is 0 Å². The molecular weight excluding hydrogens is 244 g/mol. The summed E-state index contributed by atoms with van der Waals surface area (Å²) in [5.41, 5.74) is 1.16. The van der Waals surface area contributed by atoms with E-state index in [0.717, 1.165) is 0 Å². The summed E-state index contributed by atoms with van der Waals surface area (Å²) in [5.74, 6) is -0.111. The SMILES string of the molecule is CC(C)N1C(=O)C2=CC(Cl)C=CC2=NC1=S. The monoisotopic (exact) mass is 254 g/mol. The smallest absolute Gasteiger partial charge is 0.262 e. The third kappa shape index (κ3) is 1.83. The number of fused-ring (bicyclic) bond motifs is 1. The maximum Gasteiger partial charge on any atom is 0.262 e. The summed E-state index contributed by atoms with van der Waals surface area (Å²) in [6.45, 7) is 3.81. The molecule has 0 bridgehead atoms. The van der Waals surface area contributed by atoms with Crippen LogP contribution in [0.1, 0.15) is 13.8 Å². The number of carbonyl (C=O) groups excluding carboxylic acids is 1. The number of nitrogens with zero attached hydrogens (tertiary/aromatic N) is 2. The highest BCUT2D eigenvalue weighted by molar-refractivity contribution is 7.80. The third-order valence-electron chi connectivity index (χ3n) is 2.43. The van der Waals surface area contributed by atoms with Crippen molar-refractivity contribution >= 4 is 40.6 Å². The maximum absolute atomic E-state index is 12.2. The molecule has 16 heavy (non-hydrogen) atoms. The molecule has 2 rings (SSSR count). The molecule has 5 heteroatoms. The van der Waals surface area contributed by atoms with Crippen LogP contribution in [0.25, 0.3) is 0 Å². The molecule has 0 aromatic rings. The van der Waals surface area contributed by atoms with Crippen LogP contribution < -0.4 is 0 Å². The number of rotatable bonds is 1. The lowest BCUT2D eigenvalue weighted by Crippen LogP contribution is -2.46. The fourth-order valence-electron chi connectivity index (χ4n) is 1.68. The Bertz CT molecular complexity index is 451. The Hall–Kier alpha value is -1.00. The molecule has 1 heterocycles. The summed E-state index contributed by atoms with van der Waals surface area (Å²) in [6.07, 6.45) is 5.24. The van der Waals surface area contributed by atoms with Crippen LogP contribution in [-0.2, 0) is 4.79 Å². The minimum atomic E-state index is -0.251. The van der Waals surface area contributed by atoms with Gasteiger partial charge in [0, 0.05) is 6.04 Å². The molecule has 2 aliphatic rings. The van der Waals surface area contributed by atoms with Gasteiger partial charge >= 0.3 is 0 Å². The highest BCUT2D eigenvalue weighted by Crippen LogP contribution is 2.22. The van der Waals surface area contributed by atoms with E-state index in [2.05, 4.69) is 4.99 Å². The normalized spacial score (nSPS) is 24.5. The molecule has 0 saturated heterocycles. The molecular formula is C11H11ClN2OS. The standard InChI is InChI=1S/C11H11ClN2OS/c1-6(2)14-10(15)8-5-7(12)3-4-9(8)13-11(14)16/h3-7H,1-2H3. The van der Waals surface area contributed by atoms with Crippen molar-refractivity contribution in [1.29, 1.82) is 0 Å². The van der Waals surface area contributed by atoms with Gasteiger partial charge in [0.05, 0.1) is 16.7 Å². The second-order valence-corrected chi connectivity index (χ2v) is 4.80. The molecule has 0 N–H and O–H groups in total. The Morgan fingerprint density at radius 2 is 2.25 bits per heavy atom. The molecule has 84 valence electrons. The molecule has 0 aromatic heterocycles. The molecule has 0 aromatic carbocycles. The van der Waals surface area contributed by atoms with Crippen molar-refractivity contribution in [1.82, 2.24) is 4.90 Å². The van der Waals surface area contributed by atoms with Crippen molar-refractivity contribution in [2.24, 2.45) is 4.99 Å². The summed E-state index contributed by atoms with van der Waals surface area (Å²) >= 11 is 11.0. The Labute approximate surface area is 104 Å². The van der Waals surface area contributed by atoms with Crippen LogP contribution >= 0.6 is 23.8 Å². The van der Waals surface area contributed by atoms with E-state index in [1.54, 1.807) is 18.2 Å². The van der Waals surface area contributed by atoms with Crippen LogP contribution in [0.15, 0.2) is 28.8 Å². The van der Waals surface area contributed by atoms with Crippen molar-refractivity contribution in [2.75, 3.05) is 0 Å². The first-order chi connectivity index (χ1) is 7.50. The summed E-state index contributed by atoms with van der Waals surface area (Å²) in [7, 11) is 0. The maximum atomic E-state index is 12.2. The van der Waals surface area contributed by atoms with Gasteiger partial charge in [-0.3, -0.25) is 9.69 Å². The van der Waals surface area contributed by atoms with E-state index in [4.69, 9.17) is 23.8 Å². The third-order valence-corrected chi connectivity index (χ3v) is 2.99. The van der Waals surface area contributed by atoms with Crippen LogP contribution in [0.4, 0.5) is 0 Å². The minimum absolute atomic E-state index is 0.00545. The van der Waals surface area contributed by atoms with E-state index < -0.39 is 0 Å². The highest BCUT2D eigenvalue weighted by Gasteiger charge is 2.32. The fraction of sp³-hybridized carbons (Fsp3) is 0.364. The summed E-state index contributed by atoms with van der Waals surface area (Å²) in [4.78, 5) is 17.9. The van der Waals surface area contributed by atoms with Gasteiger partial charge in [-0.1, -0.05) is 6.08 Å². The lowest BCUT2D eigenvalue weighted by atomic mass is 10.00. The van der Waals surface area contributed by atoms with E-state index in [0.29, 0.717) is 16.4 Å². The van der Waals surface area contributed by atoms with Gasteiger partial charge in [0.1, 0.15) is 0 Å². The number of hydrogen-bond acceptors (Lipinski definition) is 2. The number of alkyl halides is 1. The van der Waals surface area contributed by atoms with E-state index >= 15 is 0 Å². The number of allylic oxidation sites excluding steroid dienone is 3. The number of carbonyl (C=O) groups is 1. The van der Waals surface area contributed by atoms with E-state index in [9.17, 15) is 4.79 Å². The second kappa shape index (κ2) is 4.11. The zero-order valence-electron chi connectivity index (χ0n) is 8.98. The number of amides is 1. The van der Waals surface area contributed by atoms with Gasteiger partial charge in [-0.05, 0) is 38.2 Å². The average molecular weight is 255 g/mol. The van der Waals surface area contributed by atoms with Gasteiger partial charge in [0.15, 0.2) is 0 Å². The van der Waals surface area contributed by atoms with Crippen LogP contribution in [0.2, 0.25) is 0 Å². The molecule has 3 nitrogen and oxygen atoms in total. The lowest BCUT2D eigenvalue weighted by Gasteiger charge is -2.31. The van der Waals surface area contributed by atoms with E-state index in [1.165, 1.54) is 4.90 Å². The largest absolute Gasteiger partial charge is 0.281 e. The average Bonchev–Trinajstić information content (AvgIpc) is 2.19. The number of aliphatic imine (C=N–C) groups is 1. The molecule has 1 amide bonds. The zero-order valence-corrected chi connectivity index (χ0v) is 10.5. The van der Waals surface area contributed by atoms with E-state index in [1.807, 2.05) is 13.8 Å². The quantitative estimate of drug-likeness (QED) is 0.530. The Morgan fingerprint density at radius 1 is 1.56 bits per heavy atom. The molecule has 0 saturated carbocycles. The van der Waals surface area contributed by atoms with Crippen LogP contribution in [0.3, 0.4) is 0 Å². The molecule has 0 spiro atoms. The van der Waals surface area contributed by atoms with Crippen molar-refractivity contribution in [3.05, 3.63) is 23.8 Å². The van der Waals surface area contributed by atoms with Crippen molar-refractivity contribution in [2.45, 2.75) is 25.3 Å². The Balaban J connectivity index is 2.47. The predicted octanol–water partition coefficient (Wildman–Crippen LogP) is 2.07. The zero-order chi connectivity index (χ0) is 11.9. The highest BCUT2D eigenvalue weighted by atomic mass is 35.5. The molecule has 0 radical (unpaired) electrons. The van der Waals surface area contributed by atoms with Gasteiger partial charge in [-0.2, -0.15) is 0 Å². The topological polar surface area (TPSA) is 32.7 Å². The Morgan fingerprint density at radius 3 is 2.88 bits per heavy atom. The molecule has 0 fully saturated rings. The lowest BCUT2D eigenvalue weighted by molar-refractivity contribution is -0.124. The molecule has 1 atom stereocenters. The van der Waals surface area contributed by atoms with Crippen LogP contribution in [0.5, 0.6) is 0 Å². The van der Waals surface area contributed by atoms with Crippen molar-refractivity contribution < 1.29 is 4.79 Å². The first-order valence-electron chi connectivity index (χ1n) is 5.01.